The number of carbonyl (C=O) groups excluding carboxylic acids is 1. The predicted molar refractivity (Wildman–Crippen MR) is 151 cm³/mol. The Kier molecular flexibility index (Phi) is 6.38. The summed E-state index contributed by atoms with van der Waals surface area (Å²) in [5.74, 6) is -0.505. The molecular weight excluding hydrogens is 508 g/mol. The molecule has 5 aromatic rings. The molecule has 192 valence electrons. The largest absolute Gasteiger partial charge is 0.466 e. The van der Waals surface area contributed by atoms with Crippen LogP contribution in [0.3, 0.4) is 0 Å². The van der Waals surface area contributed by atoms with Crippen LogP contribution >= 0.6 is 11.3 Å². The van der Waals surface area contributed by atoms with Crippen LogP contribution in [0.2, 0.25) is 0 Å². The molecule has 3 heterocycles. The Morgan fingerprint density at radius 3 is 2.26 bits per heavy atom. The molecule has 0 radical (unpaired) electrons. The van der Waals surface area contributed by atoms with Gasteiger partial charge in [-0.1, -0.05) is 90.2 Å². The van der Waals surface area contributed by atoms with E-state index in [1.165, 1.54) is 18.4 Å². The van der Waals surface area contributed by atoms with Crippen molar-refractivity contribution in [3.8, 4) is 16.9 Å². The zero-order valence-electron chi connectivity index (χ0n) is 21.3. The number of methoxy groups -OCH3 is 1. The fourth-order valence-corrected chi connectivity index (χ4v) is 5.85. The standard InChI is InChI=1S/C31H24N4O3S/c1-20-26(30(37)38-2)28(22-14-8-4-9-15-22)35-29(36)25(39-31(35)32-20)18-23-19-34(24-16-10-5-11-17-24)33-27(23)21-12-6-3-7-13-21/h3-19,28H,1-2H3/b25-18-. The predicted octanol–water partition coefficient (Wildman–Crippen LogP) is 4.26. The van der Waals surface area contributed by atoms with Gasteiger partial charge in [-0.3, -0.25) is 9.36 Å². The van der Waals surface area contributed by atoms with Gasteiger partial charge in [0.15, 0.2) is 4.80 Å². The third-order valence-electron chi connectivity index (χ3n) is 6.64. The minimum absolute atomic E-state index is 0.229. The monoisotopic (exact) mass is 532 g/mol. The number of rotatable bonds is 5. The summed E-state index contributed by atoms with van der Waals surface area (Å²) in [4.78, 5) is 32.0. The molecule has 1 aliphatic rings. The van der Waals surface area contributed by atoms with Crippen molar-refractivity contribution >= 4 is 23.4 Å². The summed E-state index contributed by atoms with van der Waals surface area (Å²) < 4.78 is 9.00. The van der Waals surface area contributed by atoms with Crippen molar-refractivity contribution in [2.75, 3.05) is 7.11 Å². The van der Waals surface area contributed by atoms with Crippen molar-refractivity contribution in [2.24, 2.45) is 4.99 Å². The van der Waals surface area contributed by atoms with Gasteiger partial charge in [-0.25, -0.2) is 14.5 Å². The maximum absolute atomic E-state index is 14.0. The minimum Gasteiger partial charge on any atom is -0.466 e. The molecule has 0 saturated heterocycles. The second-order valence-electron chi connectivity index (χ2n) is 9.06. The average Bonchev–Trinajstić information content (AvgIpc) is 3.54. The Morgan fingerprint density at radius 2 is 1.59 bits per heavy atom. The molecule has 0 saturated carbocycles. The molecule has 0 bridgehead atoms. The van der Waals surface area contributed by atoms with Crippen LogP contribution in [-0.2, 0) is 9.53 Å². The molecule has 39 heavy (non-hydrogen) atoms. The molecule has 3 aromatic carbocycles. The Morgan fingerprint density at radius 1 is 0.949 bits per heavy atom. The number of benzene rings is 3. The number of fused-ring (bicyclic) bond motifs is 1. The SMILES string of the molecule is COC(=O)C1=C(C)N=c2s/c(=C\c3cn(-c4ccccc4)nc3-c3ccccc3)c(=O)n2C1c1ccccc1. The summed E-state index contributed by atoms with van der Waals surface area (Å²) in [7, 11) is 1.34. The topological polar surface area (TPSA) is 78.5 Å². The zero-order valence-corrected chi connectivity index (χ0v) is 22.1. The molecule has 8 heteroatoms. The van der Waals surface area contributed by atoms with Gasteiger partial charge >= 0.3 is 5.97 Å². The van der Waals surface area contributed by atoms with E-state index >= 15 is 0 Å². The van der Waals surface area contributed by atoms with E-state index < -0.39 is 12.0 Å². The van der Waals surface area contributed by atoms with Gasteiger partial charge < -0.3 is 4.74 Å². The third-order valence-corrected chi connectivity index (χ3v) is 7.62. The Bertz CT molecular complexity index is 1890. The van der Waals surface area contributed by atoms with Crippen LogP contribution in [-0.4, -0.2) is 27.4 Å². The lowest BCUT2D eigenvalue weighted by atomic mass is 9.96. The van der Waals surface area contributed by atoms with E-state index in [4.69, 9.17) is 9.84 Å². The molecule has 0 aliphatic carbocycles. The number of hydrogen-bond acceptors (Lipinski definition) is 6. The molecule has 1 atom stereocenters. The van der Waals surface area contributed by atoms with E-state index in [0.29, 0.717) is 20.6 Å². The quantitative estimate of drug-likeness (QED) is 0.317. The van der Waals surface area contributed by atoms with E-state index in [9.17, 15) is 9.59 Å². The summed E-state index contributed by atoms with van der Waals surface area (Å²) in [5.41, 5.74) is 4.88. The molecule has 1 unspecified atom stereocenters. The third kappa shape index (κ3) is 4.45. The first-order valence-corrected chi connectivity index (χ1v) is 13.2. The van der Waals surface area contributed by atoms with Gasteiger partial charge in [0, 0.05) is 17.3 Å². The Hall–Kier alpha value is -4.82. The molecule has 7 nitrogen and oxygen atoms in total. The summed E-state index contributed by atoms with van der Waals surface area (Å²) in [6.45, 7) is 1.77. The Labute approximate surface area is 228 Å². The van der Waals surface area contributed by atoms with Crippen molar-refractivity contribution in [2.45, 2.75) is 13.0 Å². The molecule has 0 fully saturated rings. The Balaban J connectivity index is 1.57. The minimum atomic E-state index is -0.641. The van der Waals surface area contributed by atoms with Crippen LogP contribution in [0.5, 0.6) is 0 Å². The molecule has 0 amide bonds. The maximum atomic E-state index is 14.0. The molecule has 1 aliphatic heterocycles. The van der Waals surface area contributed by atoms with Crippen LogP contribution in [0, 0.1) is 0 Å². The van der Waals surface area contributed by atoms with Crippen LogP contribution in [0.25, 0.3) is 23.0 Å². The van der Waals surface area contributed by atoms with Crippen molar-refractivity contribution in [3.05, 3.63) is 139 Å². The second kappa shape index (κ2) is 10.2. The van der Waals surface area contributed by atoms with Crippen molar-refractivity contribution in [1.82, 2.24) is 14.3 Å². The summed E-state index contributed by atoms with van der Waals surface area (Å²) in [6, 6.07) is 28.6. The van der Waals surface area contributed by atoms with Gasteiger partial charge in [0.05, 0.1) is 40.3 Å². The number of hydrogen-bond donors (Lipinski definition) is 0. The van der Waals surface area contributed by atoms with Gasteiger partial charge in [-0.05, 0) is 30.7 Å². The first kappa shape index (κ1) is 24.5. The van der Waals surface area contributed by atoms with E-state index in [1.807, 2.05) is 108 Å². The fraction of sp³-hybridized carbons (Fsp3) is 0.0968. The summed E-state index contributed by atoms with van der Waals surface area (Å²) in [6.07, 6.45) is 3.79. The number of thiazole rings is 1. The summed E-state index contributed by atoms with van der Waals surface area (Å²) >= 11 is 1.29. The number of para-hydroxylation sites is 1. The van der Waals surface area contributed by atoms with Crippen LogP contribution in [0.1, 0.15) is 24.1 Å². The lowest BCUT2D eigenvalue weighted by molar-refractivity contribution is -0.136. The number of allylic oxidation sites excluding steroid dienone is 1. The van der Waals surface area contributed by atoms with Crippen LogP contribution in [0.15, 0.2) is 118 Å². The highest BCUT2D eigenvalue weighted by Crippen LogP contribution is 2.30. The van der Waals surface area contributed by atoms with Gasteiger partial charge in [0.2, 0.25) is 0 Å². The smallest absolute Gasteiger partial charge is 0.338 e. The van der Waals surface area contributed by atoms with Gasteiger partial charge in [-0.15, -0.1) is 0 Å². The van der Waals surface area contributed by atoms with Crippen LogP contribution < -0.4 is 14.9 Å². The molecule has 0 spiro atoms. The number of nitrogens with zero attached hydrogens (tertiary/aromatic N) is 4. The molecule has 2 aromatic heterocycles. The fourth-order valence-electron chi connectivity index (χ4n) is 4.81. The first-order valence-electron chi connectivity index (χ1n) is 12.4. The molecule has 0 N–H and O–H groups in total. The zero-order chi connectivity index (χ0) is 26.9. The van der Waals surface area contributed by atoms with E-state index in [2.05, 4.69) is 4.99 Å². The average molecular weight is 533 g/mol. The number of ether oxygens (including phenoxy) is 1. The second-order valence-corrected chi connectivity index (χ2v) is 10.1. The van der Waals surface area contributed by atoms with Gasteiger partial charge in [-0.2, -0.15) is 5.10 Å². The number of aromatic nitrogens is 3. The lowest BCUT2D eigenvalue weighted by Crippen LogP contribution is -2.39. The van der Waals surface area contributed by atoms with Crippen molar-refractivity contribution in [3.63, 3.8) is 0 Å². The number of esters is 1. The lowest BCUT2D eigenvalue weighted by Gasteiger charge is -2.24. The van der Waals surface area contributed by atoms with Crippen molar-refractivity contribution < 1.29 is 9.53 Å². The molecule has 6 rings (SSSR count). The first-order chi connectivity index (χ1) is 19.0. The van der Waals surface area contributed by atoms with E-state index in [1.54, 1.807) is 11.5 Å². The van der Waals surface area contributed by atoms with Gasteiger partial charge in [0.1, 0.15) is 0 Å². The molecular formula is C31H24N4O3S. The summed E-state index contributed by atoms with van der Waals surface area (Å²) in [5, 5.41) is 4.87. The number of carbonyl (C=O) groups is 1. The van der Waals surface area contributed by atoms with E-state index in [0.717, 1.165) is 28.1 Å². The highest BCUT2D eigenvalue weighted by atomic mass is 32.1. The van der Waals surface area contributed by atoms with E-state index in [-0.39, 0.29) is 5.56 Å². The normalized spacial score (nSPS) is 15.1. The highest BCUT2D eigenvalue weighted by Gasteiger charge is 2.33. The highest BCUT2D eigenvalue weighted by molar-refractivity contribution is 7.07. The maximum Gasteiger partial charge on any atom is 0.338 e. The van der Waals surface area contributed by atoms with Gasteiger partial charge in [0.25, 0.3) is 5.56 Å². The van der Waals surface area contributed by atoms with Crippen LogP contribution in [0.4, 0.5) is 0 Å². The van der Waals surface area contributed by atoms with Crippen molar-refractivity contribution in [1.29, 1.82) is 0 Å².